The number of halogens is 2. The van der Waals surface area contributed by atoms with Crippen molar-refractivity contribution >= 4 is 40.8 Å². The summed E-state index contributed by atoms with van der Waals surface area (Å²) in [6.07, 6.45) is 0. The summed E-state index contributed by atoms with van der Waals surface area (Å²) in [6.45, 7) is 6.51. The lowest BCUT2D eigenvalue weighted by molar-refractivity contribution is 0.476. The molecule has 13 heavy (non-hydrogen) atoms. The van der Waals surface area contributed by atoms with Crippen molar-refractivity contribution in [1.82, 2.24) is 0 Å². The maximum Gasteiger partial charge on any atom is 0.129 e. The standard InChI is InChI=1S/C9H12BrClOSi/c1-13(2,3)8-5-6(11)4-7(10)9(8)12/h4-5,12H,1-3H3. The van der Waals surface area contributed by atoms with Crippen LogP contribution in [0.3, 0.4) is 0 Å². The molecule has 0 aliphatic heterocycles. The van der Waals surface area contributed by atoms with Crippen molar-refractivity contribution in [2.45, 2.75) is 19.6 Å². The minimum atomic E-state index is -1.51. The van der Waals surface area contributed by atoms with Crippen molar-refractivity contribution in [3.63, 3.8) is 0 Å². The van der Waals surface area contributed by atoms with Gasteiger partial charge in [0.25, 0.3) is 0 Å². The predicted molar refractivity (Wildman–Crippen MR) is 63.8 cm³/mol. The molecular formula is C9H12BrClOSi. The topological polar surface area (TPSA) is 20.2 Å². The van der Waals surface area contributed by atoms with Crippen molar-refractivity contribution in [1.29, 1.82) is 0 Å². The lowest BCUT2D eigenvalue weighted by Gasteiger charge is -2.19. The SMILES string of the molecule is C[Si](C)(C)c1cc(Cl)cc(Br)c1O. The van der Waals surface area contributed by atoms with E-state index in [0.717, 1.165) is 5.19 Å². The van der Waals surface area contributed by atoms with Gasteiger partial charge in [-0.2, -0.15) is 0 Å². The summed E-state index contributed by atoms with van der Waals surface area (Å²) < 4.78 is 0.678. The van der Waals surface area contributed by atoms with Crippen LogP contribution < -0.4 is 5.19 Å². The Bertz CT molecular complexity index is 333. The predicted octanol–water partition coefficient (Wildman–Crippen LogP) is 3.35. The third kappa shape index (κ3) is 2.48. The second-order valence-corrected chi connectivity index (χ2v) is 10.4. The third-order valence-corrected chi connectivity index (χ3v) is 4.66. The number of hydrogen-bond donors (Lipinski definition) is 1. The van der Waals surface area contributed by atoms with Crippen LogP contribution in [0.4, 0.5) is 0 Å². The van der Waals surface area contributed by atoms with Crippen LogP contribution in [0.15, 0.2) is 16.6 Å². The lowest BCUT2D eigenvalue weighted by atomic mass is 10.3. The summed E-state index contributed by atoms with van der Waals surface area (Å²) in [5, 5.41) is 11.4. The molecule has 0 heterocycles. The zero-order valence-electron chi connectivity index (χ0n) is 7.86. The molecule has 0 saturated carbocycles. The highest BCUT2D eigenvalue weighted by molar-refractivity contribution is 9.10. The second kappa shape index (κ2) is 3.63. The number of hydrogen-bond acceptors (Lipinski definition) is 1. The highest BCUT2D eigenvalue weighted by Gasteiger charge is 2.22. The number of aromatic hydroxyl groups is 1. The van der Waals surface area contributed by atoms with E-state index in [1.807, 2.05) is 6.07 Å². The number of phenols is 1. The average Bonchev–Trinajstić information content (AvgIpc) is 1.94. The Balaban J connectivity index is 3.37. The van der Waals surface area contributed by atoms with Crippen LogP contribution in [-0.2, 0) is 0 Å². The fourth-order valence-corrected chi connectivity index (χ4v) is 3.66. The molecule has 1 N–H and O–H groups in total. The summed E-state index contributed by atoms with van der Waals surface area (Å²) >= 11 is 9.19. The van der Waals surface area contributed by atoms with Gasteiger partial charge in [-0.15, -0.1) is 0 Å². The Kier molecular flexibility index (Phi) is 3.10. The molecule has 0 atom stereocenters. The van der Waals surface area contributed by atoms with Crippen LogP contribution in [0.5, 0.6) is 5.75 Å². The smallest absolute Gasteiger partial charge is 0.129 e. The highest BCUT2D eigenvalue weighted by Crippen LogP contribution is 2.27. The molecule has 0 unspecified atom stereocenters. The van der Waals surface area contributed by atoms with Crippen LogP contribution in [0, 0.1) is 0 Å². The quantitative estimate of drug-likeness (QED) is 0.782. The van der Waals surface area contributed by atoms with Gasteiger partial charge in [0.1, 0.15) is 5.75 Å². The maximum atomic E-state index is 9.79. The molecule has 0 spiro atoms. The van der Waals surface area contributed by atoms with Crippen molar-refractivity contribution in [2.24, 2.45) is 0 Å². The molecule has 0 aromatic heterocycles. The van der Waals surface area contributed by atoms with Crippen molar-refractivity contribution in [2.75, 3.05) is 0 Å². The second-order valence-electron chi connectivity index (χ2n) is 4.03. The first kappa shape index (κ1) is 11.1. The molecule has 0 aliphatic rings. The summed E-state index contributed by atoms with van der Waals surface area (Å²) in [4.78, 5) is 0. The Labute approximate surface area is 92.9 Å². The maximum absolute atomic E-state index is 9.79. The lowest BCUT2D eigenvalue weighted by Crippen LogP contribution is -2.37. The van der Waals surface area contributed by atoms with Crippen LogP contribution >= 0.6 is 27.5 Å². The minimum absolute atomic E-state index is 0.337. The monoisotopic (exact) mass is 278 g/mol. The Hall–Kier alpha value is 0.00688. The van der Waals surface area contributed by atoms with E-state index in [0.29, 0.717) is 15.2 Å². The molecule has 0 radical (unpaired) electrons. The zero-order valence-corrected chi connectivity index (χ0v) is 11.2. The average molecular weight is 280 g/mol. The van der Waals surface area contributed by atoms with Crippen LogP contribution in [0.1, 0.15) is 0 Å². The number of rotatable bonds is 1. The van der Waals surface area contributed by atoms with Gasteiger partial charge in [-0.1, -0.05) is 31.2 Å². The van der Waals surface area contributed by atoms with E-state index >= 15 is 0 Å². The van der Waals surface area contributed by atoms with Gasteiger partial charge >= 0.3 is 0 Å². The van der Waals surface area contributed by atoms with E-state index in [4.69, 9.17) is 11.6 Å². The summed E-state index contributed by atoms with van der Waals surface area (Å²) in [5.74, 6) is 0.337. The van der Waals surface area contributed by atoms with Gasteiger partial charge < -0.3 is 5.11 Å². The van der Waals surface area contributed by atoms with Crippen molar-refractivity contribution < 1.29 is 5.11 Å². The Morgan fingerprint density at radius 3 is 2.31 bits per heavy atom. The Morgan fingerprint density at radius 2 is 1.85 bits per heavy atom. The van der Waals surface area contributed by atoms with Gasteiger partial charge in [-0.25, -0.2) is 0 Å². The molecule has 0 fully saturated rings. The number of phenolic OH excluding ortho intramolecular Hbond substituents is 1. The third-order valence-electron chi connectivity index (χ3n) is 1.84. The Morgan fingerprint density at radius 1 is 1.31 bits per heavy atom. The first-order chi connectivity index (χ1) is 5.82. The normalized spacial score (nSPS) is 11.8. The van der Waals surface area contributed by atoms with E-state index in [2.05, 4.69) is 35.6 Å². The van der Waals surface area contributed by atoms with Gasteiger partial charge in [-0.3, -0.25) is 0 Å². The molecule has 72 valence electrons. The van der Waals surface area contributed by atoms with Gasteiger partial charge in [0.2, 0.25) is 0 Å². The van der Waals surface area contributed by atoms with Crippen molar-refractivity contribution in [3.8, 4) is 5.75 Å². The van der Waals surface area contributed by atoms with Crippen molar-refractivity contribution in [3.05, 3.63) is 21.6 Å². The van der Waals surface area contributed by atoms with E-state index < -0.39 is 8.07 Å². The summed E-state index contributed by atoms with van der Waals surface area (Å²) in [6, 6.07) is 3.56. The van der Waals surface area contributed by atoms with Gasteiger partial charge in [-0.05, 0) is 33.2 Å². The summed E-state index contributed by atoms with van der Waals surface area (Å²) in [7, 11) is -1.51. The zero-order chi connectivity index (χ0) is 10.2. The largest absolute Gasteiger partial charge is 0.507 e. The van der Waals surface area contributed by atoms with Gasteiger partial charge in [0.15, 0.2) is 0 Å². The molecule has 0 aliphatic carbocycles. The van der Waals surface area contributed by atoms with E-state index in [-0.39, 0.29) is 0 Å². The fraction of sp³-hybridized carbons (Fsp3) is 0.333. The molecule has 0 amide bonds. The van der Waals surface area contributed by atoms with E-state index in [1.165, 1.54) is 0 Å². The molecular weight excluding hydrogens is 268 g/mol. The van der Waals surface area contributed by atoms with Gasteiger partial charge in [0.05, 0.1) is 12.5 Å². The van der Waals surface area contributed by atoms with Crippen LogP contribution in [0.2, 0.25) is 24.7 Å². The van der Waals surface area contributed by atoms with E-state index in [1.54, 1.807) is 6.07 Å². The molecule has 0 bridgehead atoms. The first-order valence-corrected chi connectivity index (χ1v) is 8.68. The van der Waals surface area contributed by atoms with Gasteiger partial charge in [0, 0.05) is 5.02 Å². The number of benzene rings is 1. The molecule has 1 aromatic rings. The minimum Gasteiger partial charge on any atom is -0.507 e. The van der Waals surface area contributed by atoms with Crippen LogP contribution in [-0.4, -0.2) is 13.2 Å². The van der Waals surface area contributed by atoms with Crippen LogP contribution in [0.25, 0.3) is 0 Å². The fourth-order valence-electron chi connectivity index (χ4n) is 1.14. The highest BCUT2D eigenvalue weighted by atomic mass is 79.9. The molecule has 1 nitrogen and oxygen atoms in total. The van der Waals surface area contributed by atoms with E-state index in [9.17, 15) is 5.11 Å². The first-order valence-electron chi connectivity index (χ1n) is 4.01. The summed E-state index contributed by atoms with van der Waals surface area (Å²) in [5.41, 5.74) is 0. The molecule has 1 rings (SSSR count). The molecule has 0 saturated heterocycles. The molecule has 1 aromatic carbocycles. The molecule has 4 heteroatoms.